The predicted octanol–water partition coefficient (Wildman–Crippen LogP) is 1.76. The van der Waals surface area contributed by atoms with E-state index in [4.69, 9.17) is 4.74 Å². The van der Waals surface area contributed by atoms with Gasteiger partial charge in [-0.3, -0.25) is 10.1 Å². The second-order valence-electron chi connectivity index (χ2n) is 4.92. The molecule has 1 aromatic rings. The predicted molar refractivity (Wildman–Crippen MR) is 84.8 cm³/mol. The fourth-order valence-corrected chi connectivity index (χ4v) is 2.20. The summed E-state index contributed by atoms with van der Waals surface area (Å²) in [6.45, 7) is 3.83. The lowest BCUT2D eigenvalue weighted by Crippen LogP contribution is -2.36. The summed E-state index contributed by atoms with van der Waals surface area (Å²) in [5.41, 5.74) is -0.0320. The molecule has 0 bridgehead atoms. The van der Waals surface area contributed by atoms with E-state index in [1.54, 1.807) is 19.1 Å². The van der Waals surface area contributed by atoms with Crippen molar-refractivity contribution in [3.8, 4) is 0 Å². The van der Waals surface area contributed by atoms with Gasteiger partial charge in [0, 0.05) is 18.8 Å². The van der Waals surface area contributed by atoms with E-state index in [1.807, 2.05) is 4.90 Å². The first kappa shape index (κ1) is 17.7. The second kappa shape index (κ2) is 8.25. The number of nitrogens with one attached hydrogen (secondary N) is 1. The van der Waals surface area contributed by atoms with Crippen LogP contribution in [-0.4, -0.2) is 43.8 Å². The minimum atomic E-state index is -1.06. The van der Waals surface area contributed by atoms with Gasteiger partial charge in [-0.1, -0.05) is 0 Å². The molecule has 1 heterocycles. The number of halogens is 1. The van der Waals surface area contributed by atoms with Gasteiger partial charge in [-0.25, -0.2) is 9.18 Å². The van der Waals surface area contributed by atoms with Crippen LogP contribution >= 0.6 is 0 Å². The highest BCUT2D eigenvalue weighted by molar-refractivity contribution is 5.86. The Morgan fingerprint density at radius 3 is 2.79 bits per heavy atom. The van der Waals surface area contributed by atoms with Gasteiger partial charge in [0.15, 0.2) is 0 Å². The van der Waals surface area contributed by atoms with Gasteiger partial charge in [-0.15, -0.1) is 0 Å². The van der Waals surface area contributed by atoms with Crippen LogP contribution in [0.15, 0.2) is 30.1 Å². The first-order valence-corrected chi connectivity index (χ1v) is 7.43. The molecular weight excluding hydrogens is 321 g/mol. The smallest absolute Gasteiger partial charge is 0.411 e. The van der Waals surface area contributed by atoms with Gasteiger partial charge in [-0.05, 0) is 25.1 Å². The van der Waals surface area contributed by atoms with Gasteiger partial charge in [-0.2, -0.15) is 0 Å². The number of esters is 1. The Morgan fingerprint density at radius 2 is 2.21 bits per heavy atom. The number of ether oxygens (including phenoxy) is 2. The largest absolute Gasteiger partial charge is 0.458 e. The molecule has 1 aliphatic rings. The van der Waals surface area contributed by atoms with Gasteiger partial charge in [0.05, 0.1) is 36.6 Å². The van der Waals surface area contributed by atoms with E-state index in [-0.39, 0.29) is 12.3 Å². The van der Waals surface area contributed by atoms with Crippen LogP contribution in [0, 0.1) is 15.9 Å². The van der Waals surface area contributed by atoms with Gasteiger partial charge >= 0.3 is 11.7 Å². The number of morpholine rings is 1. The molecule has 1 saturated heterocycles. The number of nitrogens with zero attached hydrogens (tertiary/aromatic N) is 2. The van der Waals surface area contributed by atoms with Crippen molar-refractivity contribution in [3.05, 3.63) is 46.0 Å². The summed E-state index contributed by atoms with van der Waals surface area (Å²) in [4.78, 5) is 23.3. The summed E-state index contributed by atoms with van der Waals surface area (Å²) in [6, 6.07) is 4.37. The zero-order valence-electron chi connectivity index (χ0n) is 13.2. The van der Waals surface area contributed by atoms with Crippen LogP contribution in [0.3, 0.4) is 0 Å². The lowest BCUT2D eigenvalue weighted by atomic mass is 10.2. The van der Waals surface area contributed by atoms with E-state index in [0.717, 1.165) is 6.20 Å². The molecule has 2 rings (SSSR count). The molecule has 0 aliphatic carbocycles. The maximum Gasteiger partial charge on any atom is 0.411 e. The fraction of sp³-hybridized carbons (Fsp3) is 0.400. The zero-order chi connectivity index (χ0) is 17.5. The van der Waals surface area contributed by atoms with Crippen LogP contribution in [0.5, 0.6) is 0 Å². The van der Waals surface area contributed by atoms with Crippen molar-refractivity contribution in [1.29, 1.82) is 0 Å². The Morgan fingerprint density at radius 1 is 1.50 bits per heavy atom. The highest BCUT2D eigenvalue weighted by Crippen LogP contribution is 2.23. The zero-order valence-corrected chi connectivity index (χ0v) is 13.2. The maximum atomic E-state index is 14.2. The van der Waals surface area contributed by atoms with E-state index in [1.165, 1.54) is 6.07 Å². The molecule has 0 amide bonds. The number of rotatable bonds is 6. The topological polar surface area (TPSA) is 93.9 Å². The number of hydrogen-bond donors (Lipinski definition) is 1. The molecule has 0 radical (unpaired) electrons. The molecule has 0 saturated carbocycles. The third-order valence-electron chi connectivity index (χ3n) is 3.36. The Hall–Kier alpha value is -2.68. The molecule has 24 heavy (non-hydrogen) atoms. The van der Waals surface area contributed by atoms with Gasteiger partial charge < -0.3 is 19.7 Å². The number of benzene rings is 1. The number of anilines is 2. The highest BCUT2D eigenvalue weighted by atomic mass is 19.1. The fourth-order valence-electron chi connectivity index (χ4n) is 2.20. The quantitative estimate of drug-likeness (QED) is 0.365. The van der Waals surface area contributed by atoms with Crippen LogP contribution in [-0.2, 0) is 14.3 Å². The van der Waals surface area contributed by atoms with Crippen LogP contribution < -0.4 is 10.2 Å². The SMILES string of the molecule is CCOC(=O)/C(=C\Nc1ccc(N2CCOCC2)c(F)c1)[N+](=O)[O-]. The lowest BCUT2D eigenvalue weighted by Gasteiger charge is -2.29. The van der Waals surface area contributed by atoms with Crippen molar-refractivity contribution >= 4 is 17.3 Å². The van der Waals surface area contributed by atoms with E-state index < -0.39 is 22.4 Å². The van der Waals surface area contributed by atoms with E-state index in [0.29, 0.717) is 32.0 Å². The molecule has 0 unspecified atom stereocenters. The van der Waals surface area contributed by atoms with Crippen molar-refractivity contribution in [2.75, 3.05) is 43.1 Å². The summed E-state index contributed by atoms with van der Waals surface area (Å²) in [6.07, 6.45) is 0.890. The Bertz CT molecular complexity index is 644. The summed E-state index contributed by atoms with van der Waals surface area (Å²) in [5, 5.41) is 13.4. The molecule has 0 atom stereocenters. The molecule has 130 valence electrons. The maximum absolute atomic E-state index is 14.2. The minimum Gasteiger partial charge on any atom is -0.458 e. The summed E-state index contributed by atoms with van der Waals surface area (Å²) < 4.78 is 24.0. The van der Waals surface area contributed by atoms with Crippen LogP contribution in [0.4, 0.5) is 15.8 Å². The molecule has 1 fully saturated rings. The second-order valence-corrected chi connectivity index (χ2v) is 4.92. The van der Waals surface area contributed by atoms with Crippen molar-refractivity contribution in [3.63, 3.8) is 0 Å². The Labute approximate surface area is 138 Å². The minimum absolute atomic E-state index is 0.0207. The number of carbonyl (C=O) groups excluding carboxylic acids is 1. The summed E-state index contributed by atoms with van der Waals surface area (Å²) in [5.74, 6) is -1.52. The monoisotopic (exact) mass is 339 g/mol. The summed E-state index contributed by atoms with van der Waals surface area (Å²) in [7, 11) is 0. The van der Waals surface area contributed by atoms with Crippen LogP contribution in [0.2, 0.25) is 0 Å². The van der Waals surface area contributed by atoms with Gasteiger partial charge in [0.2, 0.25) is 0 Å². The molecule has 9 heteroatoms. The first-order valence-electron chi connectivity index (χ1n) is 7.43. The molecule has 1 aliphatic heterocycles. The van der Waals surface area contributed by atoms with Gasteiger partial charge in [0.25, 0.3) is 0 Å². The number of nitro groups is 1. The number of hydrogen-bond acceptors (Lipinski definition) is 7. The number of carbonyl (C=O) groups is 1. The third-order valence-corrected chi connectivity index (χ3v) is 3.36. The van der Waals surface area contributed by atoms with E-state index in [9.17, 15) is 19.3 Å². The van der Waals surface area contributed by atoms with Crippen LogP contribution in [0.1, 0.15) is 6.92 Å². The lowest BCUT2D eigenvalue weighted by molar-refractivity contribution is -0.421. The van der Waals surface area contributed by atoms with Crippen molar-refractivity contribution in [2.24, 2.45) is 0 Å². The Balaban J connectivity index is 2.12. The molecule has 0 aromatic heterocycles. The summed E-state index contributed by atoms with van der Waals surface area (Å²) >= 11 is 0. The molecular formula is C15H18FN3O5. The average molecular weight is 339 g/mol. The Kier molecular flexibility index (Phi) is 6.07. The molecule has 1 aromatic carbocycles. The third kappa shape index (κ3) is 4.42. The van der Waals surface area contributed by atoms with Crippen LogP contribution in [0.25, 0.3) is 0 Å². The molecule has 1 N–H and O–H groups in total. The van der Waals surface area contributed by atoms with E-state index in [2.05, 4.69) is 10.1 Å². The average Bonchev–Trinajstić information content (AvgIpc) is 2.56. The first-order chi connectivity index (χ1) is 11.5. The standard InChI is InChI=1S/C15H18FN3O5/c1-2-24-15(20)14(19(21)22)10-17-11-3-4-13(12(16)9-11)18-5-7-23-8-6-18/h3-4,9-10,17H,2,5-8H2,1H3/b14-10+. The normalized spacial score (nSPS) is 15.1. The van der Waals surface area contributed by atoms with Crippen molar-refractivity contribution < 1.29 is 23.6 Å². The molecule has 0 spiro atoms. The van der Waals surface area contributed by atoms with Crippen molar-refractivity contribution in [2.45, 2.75) is 6.92 Å². The highest BCUT2D eigenvalue weighted by Gasteiger charge is 2.23. The molecule has 8 nitrogen and oxygen atoms in total. The van der Waals surface area contributed by atoms with Crippen molar-refractivity contribution in [1.82, 2.24) is 0 Å². The van der Waals surface area contributed by atoms with E-state index >= 15 is 0 Å². The van der Waals surface area contributed by atoms with Gasteiger partial charge in [0.1, 0.15) is 5.82 Å².